The molecule has 2 aromatic rings. The lowest BCUT2D eigenvalue weighted by Gasteiger charge is -2.18. The zero-order valence-electron chi connectivity index (χ0n) is 11.7. The van der Waals surface area contributed by atoms with Crippen LogP contribution in [0, 0.1) is 12.7 Å². The zero-order chi connectivity index (χ0) is 14.5. The minimum Gasteiger partial charge on any atom is -0.309 e. The number of rotatable bonds is 5. The summed E-state index contributed by atoms with van der Waals surface area (Å²) in [6.45, 7) is 4.88. The predicted octanol–water partition coefficient (Wildman–Crippen LogP) is 4.08. The van der Waals surface area contributed by atoms with E-state index in [0.717, 1.165) is 23.4 Å². The Bertz CT molecular complexity index is 586. The van der Waals surface area contributed by atoms with Gasteiger partial charge < -0.3 is 5.32 Å². The van der Waals surface area contributed by atoms with Gasteiger partial charge in [0.2, 0.25) is 0 Å². The minimum atomic E-state index is -0.267. The smallest absolute Gasteiger partial charge is 0.123 e. The standard InChI is InChI=1S/C16H18ClFN2/c1-3-19-16(15-8-11(2)6-7-20-15)10-12-9-13(18)4-5-14(12)17/h4-9,16,19H,3,10H2,1-2H3. The molecule has 0 aliphatic carbocycles. The van der Waals surface area contributed by atoms with Gasteiger partial charge in [-0.05, 0) is 61.3 Å². The minimum absolute atomic E-state index is 0.0270. The van der Waals surface area contributed by atoms with E-state index in [2.05, 4.69) is 10.3 Å². The molecule has 0 saturated heterocycles. The van der Waals surface area contributed by atoms with E-state index < -0.39 is 0 Å². The molecule has 0 amide bonds. The third-order valence-corrected chi connectivity index (χ3v) is 3.54. The highest BCUT2D eigenvalue weighted by molar-refractivity contribution is 6.31. The summed E-state index contributed by atoms with van der Waals surface area (Å²) in [6.07, 6.45) is 2.41. The number of hydrogen-bond donors (Lipinski definition) is 1. The Balaban J connectivity index is 2.27. The van der Waals surface area contributed by atoms with Gasteiger partial charge in [0, 0.05) is 11.2 Å². The van der Waals surface area contributed by atoms with E-state index in [-0.39, 0.29) is 11.9 Å². The van der Waals surface area contributed by atoms with E-state index in [4.69, 9.17) is 11.6 Å². The van der Waals surface area contributed by atoms with Crippen molar-refractivity contribution in [2.24, 2.45) is 0 Å². The molecule has 0 spiro atoms. The maximum absolute atomic E-state index is 13.4. The first kappa shape index (κ1) is 14.9. The number of pyridine rings is 1. The Kier molecular flexibility index (Phi) is 5.10. The van der Waals surface area contributed by atoms with Crippen LogP contribution in [0.5, 0.6) is 0 Å². The molecule has 0 aliphatic rings. The van der Waals surface area contributed by atoms with Crippen molar-refractivity contribution in [1.29, 1.82) is 0 Å². The second kappa shape index (κ2) is 6.82. The SMILES string of the molecule is CCNC(Cc1cc(F)ccc1Cl)c1cc(C)ccn1. The van der Waals surface area contributed by atoms with Crippen LogP contribution < -0.4 is 5.32 Å². The number of aromatic nitrogens is 1. The van der Waals surface area contributed by atoms with Crippen LogP contribution in [-0.4, -0.2) is 11.5 Å². The lowest BCUT2D eigenvalue weighted by atomic mass is 10.0. The monoisotopic (exact) mass is 292 g/mol. The van der Waals surface area contributed by atoms with Gasteiger partial charge in [0.05, 0.1) is 11.7 Å². The fourth-order valence-corrected chi connectivity index (χ4v) is 2.39. The van der Waals surface area contributed by atoms with Gasteiger partial charge in [-0.3, -0.25) is 4.98 Å². The van der Waals surface area contributed by atoms with Gasteiger partial charge in [-0.25, -0.2) is 4.39 Å². The zero-order valence-corrected chi connectivity index (χ0v) is 12.4. The number of likely N-dealkylation sites (N-methyl/N-ethyl adjacent to an activating group) is 1. The van der Waals surface area contributed by atoms with Crippen molar-refractivity contribution < 1.29 is 4.39 Å². The predicted molar refractivity (Wildman–Crippen MR) is 80.5 cm³/mol. The first-order chi connectivity index (χ1) is 9.60. The number of nitrogens with zero attached hydrogens (tertiary/aromatic N) is 1. The van der Waals surface area contributed by atoms with Crippen molar-refractivity contribution >= 4 is 11.6 Å². The number of benzene rings is 1. The summed E-state index contributed by atoms with van der Waals surface area (Å²) in [5.41, 5.74) is 2.90. The van der Waals surface area contributed by atoms with E-state index >= 15 is 0 Å². The van der Waals surface area contributed by atoms with Crippen molar-refractivity contribution in [2.45, 2.75) is 26.3 Å². The topological polar surface area (TPSA) is 24.9 Å². The molecular formula is C16H18ClFN2. The van der Waals surface area contributed by atoms with E-state index in [1.54, 1.807) is 12.3 Å². The highest BCUT2D eigenvalue weighted by Gasteiger charge is 2.15. The van der Waals surface area contributed by atoms with E-state index in [0.29, 0.717) is 11.4 Å². The lowest BCUT2D eigenvalue weighted by Crippen LogP contribution is -2.24. The third kappa shape index (κ3) is 3.78. The first-order valence-corrected chi connectivity index (χ1v) is 7.07. The summed E-state index contributed by atoms with van der Waals surface area (Å²) >= 11 is 6.14. The largest absolute Gasteiger partial charge is 0.309 e. The molecule has 0 aliphatic heterocycles. The second-order valence-corrected chi connectivity index (χ2v) is 5.22. The van der Waals surface area contributed by atoms with E-state index in [1.165, 1.54) is 12.1 Å². The van der Waals surface area contributed by atoms with Gasteiger partial charge in [0.1, 0.15) is 5.82 Å². The van der Waals surface area contributed by atoms with Gasteiger partial charge in [-0.1, -0.05) is 18.5 Å². The maximum atomic E-state index is 13.4. The highest BCUT2D eigenvalue weighted by Crippen LogP contribution is 2.24. The Hall–Kier alpha value is -1.45. The molecule has 4 heteroatoms. The number of aryl methyl sites for hydroxylation is 1. The number of hydrogen-bond acceptors (Lipinski definition) is 2. The van der Waals surface area contributed by atoms with Gasteiger partial charge in [0.15, 0.2) is 0 Å². The Morgan fingerprint density at radius 1 is 1.30 bits per heavy atom. The average molecular weight is 293 g/mol. The third-order valence-electron chi connectivity index (χ3n) is 3.18. The molecule has 1 heterocycles. The summed E-state index contributed by atoms with van der Waals surface area (Å²) < 4.78 is 13.4. The van der Waals surface area contributed by atoms with E-state index in [9.17, 15) is 4.39 Å². The first-order valence-electron chi connectivity index (χ1n) is 6.70. The Morgan fingerprint density at radius 3 is 2.80 bits per heavy atom. The molecule has 106 valence electrons. The Labute approximate surface area is 124 Å². The van der Waals surface area contributed by atoms with Crippen molar-refractivity contribution in [3.63, 3.8) is 0 Å². The van der Waals surface area contributed by atoms with E-state index in [1.807, 2.05) is 26.0 Å². The van der Waals surface area contributed by atoms with Crippen molar-refractivity contribution in [3.8, 4) is 0 Å². The van der Waals surface area contributed by atoms with Crippen molar-refractivity contribution in [1.82, 2.24) is 10.3 Å². The van der Waals surface area contributed by atoms with Crippen molar-refractivity contribution in [3.05, 3.63) is 64.2 Å². The molecule has 0 bridgehead atoms. The molecule has 2 nitrogen and oxygen atoms in total. The molecule has 20 heavy (non-hydrogen) atoms. The molecule has 0 radical (unpaired) electrons. The molecule has 2 rings (SSSR count). The quantitative estimate of drug-likeness (QED) is 0.898. The maximum Gasteiger partial charge on any atom is 0.123 e. The van der Waals surface area contributed by atoms with Gasteiger partial charge in [-0.15, -0.1) is 0 Å². The molecule has 1 N–H and O–H groups in total. The van der Waals surface area contributed by atoms with Crippen LogP contribution in [0.3, 0.4) is 0 Å². The van der Waals surface area contributed by atoms with Crippen LogP contribution in [0.1, 0.15) is 29.8 Å². The van der Waals surface area contributed by atoms with Crippen LogP contribution in [0.25, 0.3) is 0 Å². The lowest BCUT2D eigenvalue weighted by molar-refractivity contribution is 0.534. The second-order valence-electron chi connectivity index (χ2n) is 4.81. The number of nitrogens with one attached hydrogen (secondary N) is 1. The molecule has 1 aromatic heterocycles. The summed E-state index contributed by atoms with van der Waals surface area (Å²) in [6, 6.07) is 8.49. The molecule has 0 fully saturated rings. The molecular weight excluding hydrogens is 275 g/mol. The van der Waals surface area contributed by atoms with Crippen LogP contribution in [0.2, 0.25) is 5.02 Å². The number of halogens is 2. The fraction of sp³-hybridized carbons (Fsp3) is 0.312. The molecule has 1 unspecified atom stereocenters. The van der Waals surface area contributed by atoms with Crippen LogP contribution in [-0.2, 0) is 6.42 Å². The normalized spacial score (nSPS) is 12.4. The van der Waals surface area contributed by atoms with Gasteiger partial charge >= 0.3 is 0 Å². The van der Waals surface area contributed by atoms with Crippen molar-refractivity contribution in [2.75, 3.05) is 6.54 Å². The van der Waals surface area contributed by atoms with Crippen LogP contribution in [0.4, 0.5) is 4.39 Å². The van der Waals surface area contributed by atoms with Crippen LogP contribution >= 0.6 is 11.6 Å². The molecule has 1 aromatic carbocycles. The van der Waals surface area contributed by atoms with Crippen LogP contribution in [0.15, 0.2) is 36.5 Å². The van der Waals surface area contributed by atoms with Gasteiger partial charge in [0.25, 0.3) is 0 Å². The summed E-state index contributed by atoms with van der Waals surface area (Å²) in [7, 11) is 0. The summed E-state index contributed by atoms with van der Waals surface area (Å²) in [4.78, 5) is 4.41. The van der Waals surface area contributed by atoms with Gasteiger partial charge in [-0.2, -0.15) is 0 Å². The fourth-order valence-electron chi connectivity index (χ4n) is 2.20. The summed E-state index contributed by atoms with van der Waals surface area (Å²) in [5.74, 6) is -0.267. The average Bonchev–Trinajstić information content (AvgIpc) is 2.42. The molecule has 0 saturated carbocycles. The highest BCUT2D eigenvalue weighted by atomic mass is 35.5. The Morgan fingerprint density at radius 2 is 2.10 bits per heavy atom. The molecule has 1 atom stereocenters. The summed E-state index contributed by atoms with van der Waals surface area (Å²) in [5, 5.41) is 3.96.